The maximum atomic E-state index is 10.5. The van der Waals surface area contributed by atoms with Gasteiger partial charge < -0.3 is 10.8 Å². The summed E-state index contributed by atoms with van der Waals surface area (Å²) in [4.78, 5) is 4.04. The number of nitrogens with zero attached hydrogens (tertiary/aromatic N) is 1. The first kappa shape index (κ1) is 14.3. The van der Waals surface area contributed by atoms with Gasteiger partial charge in [-0.1, -0.05) is 41.4 Å². The van der Waals surface area contributed by atoms with Gasteiger partial charge in [-0.15, -0.1) is 0 Å². The van der Waals surface area contributed by atoms with Gasteiger partial charge in [-0.25, -0.2) is 0 Å². The van der Waals surface area contributed by atoms with Crippen molar-refractivity contribution in [2.75, 3.05) is 6.54 Å². The molecule has 0 aliphatic rings. The normalized spacial score (nSPS) is 14.1. The standard InChI is InChI=1S/C14H14Cl2N2O/c15-12-5-1-4-10(13(12)16)14(19)11(7-17)9-3-2-6-18-8-9/h1-6,8,11,14,19H,7,17H2. The molecule has 0 fully saturated rings. The quantitative estimate of drug-likeness (QED) is 0.911. The van der Waals surface area contributed by atoms with Gasteiger partial charge >= 0.3 is 0 Å². The van der Waals surface area contributed by atoms with Crippen LogP contribution in [0.4, 0.5) is 0 Å². The largest absolute Gasteiger partial charge is 0.388 e. The summed E-state index contributed by atoms with van der Waals surface area (Å²) in [5, 5.41) is 11.3. The summed E-state index contributed by atoms with van der Waals surface area (Å²) in [6.45, 7) is 0.287. The summed E-state index contributed by atoms with van der Waals surface area (Å²) in [6, 6.07) is 8.87. The predicted molar refractivity (Wildman–Crippen MR) is 77.5 cm³/mol. The van der Waals surface area contributed by atoms with Crippen molar-refractivity contribution in [1.82, 2.24) is 4.98 Å². The number of pyridine rings is 1. The van der Waals surface area contributed by atoms with Crippen molar-refractivity contribution in [3.05, 3.63) is 63.9 Å². The average molecular weight is 297 g/mol. The van der Waals surface area contributed by atoms with Crippen molar-refractivity contribution >= 4 is 23.2 Å². The number of benzene rings is 1. The molecule has 3 N–H and O–H groups in total. The van der Waals surface area contributed by atoms with E-state index in [2.05, 4.69) is 4.98 Å². The molecule has 1 heterocycles. The van der Waals surface area contributed by atoms with Crippen LogP contribution in [0.5, 0.6) is 0 Å². The maximum absolute atomic E-state index is 10.5. The fraction of sp³-hybridized carbons (Fsp3) is 0.214. The molecule has 1 aromatic heterocycles. The molecule has 0 radical (unpaired) electrons. The first-order valence-electron chi connectivity index (χ1n) is 5.87. The van der Waals surface area contributed by atoms with E-state index in [1.165, 1.54) is 0 Å². The van der Waals surface area contributed by atoms with Gasteiger partial charge in [-0.3, -0.25) is 4.98 Å². The fourth-order valence-electron chi connectivity index (χ4n) is 2.01. The van der Waals surface area contributed by atoms with Gasteiger partial charge in [0, 0.05) is 30.4 Å². The number of nitrogens with two attached hydrogens (primary N) is 1. The van der Waals surface area contributed by atoms with E-state index < -0.39 is 6.10 Å². The van der Waals surface area contributed by atoms with E-state index in [0.29, 0.717) is 15.6 Å². The Morgan fingerprint density at radius 1 is 1.21 bits per heavy atom. The molecule has 100 valence electrons. The lowest BCUT2D eigenvalue weighted by molar-refractivity contribution is 0.147. The van der Waals surface area contributed by atoms with Crippen LogP contribution in [0.25, 0.3) is 0 Å². The number of aromatic nitrogens is 1. The molecule has 2 rings (SSSR count). The Morgan fingerprint density at radius 2 is 2.00 bits per heavy atom. The van der Waals surface area contributed by atoms with E-state index in [1.807, 2.05) is 12.1 Å². The molecular formula is C14H14Cl2N2O. The van der Waals surface area contributed by atoms with Crippen molar-refractivity contribution in [2.24, 2.45) is 5.73 Å². The van der Waals surface area contributed by atoms with Crippen LogP contribution in [0.1, 0.15) is 23.1 Å². The number of aliphatic hydroxyl groups is 1. The number of rotatable bonds is 4. The Hall–Kier alpha value is -1.13. The summed E-state index contributed by atoms with van der Waals surface area (Å²) < 4.78 is 0. The van der Waals surface area contributed by atoms with Crippen LogP contribution in [-0.2, 0) is 0 Å². The number of hydrogen-bond acceptors (Lipinski definition) is 3. The highest BCUT2D eigenvalue weighted by Crippen LogP contribution is 2.36. The lowest BCUT2D eigenvalue weighted by atomic mass is 9.90. The smallest absolute Gasteiger partial charge is 0.0886 e. The van der Waals surface area contributed by atoms with Gasteiger partial charge in [0.1, 0.15) is 0 Å². The van der Waals surface area contributed by atoms with E-state index in [4.69, 9.17) is 28.9 Å². The molecule has 2 atom stereocenters. The van der Waals surface area contributed by atoms with Crippen LogP contribution in [0.2, 0.25) is 10.0 Å². The Labute approximate surface area is 122 Å². The topological polar surface area (TPSA) is 59.1 Å². The van der Waals surface area contributed by atoms with Crippen molar-refractivity contribution < 1.29 is 5.11 Å². The molecule has 0 aliphatic heterocycles. The predicted octanol–water partition coefficient (Wildman–Crippen LogP) is 3.16. The SMILES string of the molecule is NCC(c1cccnc1)C(O)c1cccc(Cl)c1Cl. The van der Waals surface area contributed by atoms with E-state index >= 15 is 0 Å². The molecule has 5 heteroatoms. The zero-order valence-corrected chi connectivity index (χ0v) is 11.6. The van der Waals surface area contributed by atoms with Crippen molar-refractivity contribution in [3.8, 4) is 0 Å². The van der Waals surface area contributed by atoms with Crippen LogP contribution in [0.15, 0.2) is 42.7 Å². The molecule has 0 spiro atoms. The van der Waals surface area contributed by atoms with Crippen molar-refractivity contribution in [3.63, 3.8) is 0 Å². The lowest BCUT2D eigenvalue weighted by Gasteiger charge is -2.23. The second-order valence-corrected chi connectivity index (χ2v) is 5.00. The Balaban J connectivity index is 2.36. The van der Waals surface area contributed by atoms with E-state index in [1.54, 1.807) is 30.6 Å². The second-order valence-electron chi connectivity index (χ2n) is 4.22. The monoisotopic (exact) mass is 296 g/mol. The zero-order chi connectivity index (χ0) is 13.8. The third-order valence-electron chi connectivity index (χ3n) is 3.05. The molecule has 0 saturated heterocycles. The minimum Gasteiger partial charge on any atom is -0.388 e. The average Bonchev–Trinajstić information content (AvgIpc) is 2.44. The third kappa shape index (κ3) is 3.07. The molecule has 3 nitrogen and oxygen atoms in total. The van der Waals surface area contributed by atoms with Gasteiger partial charge in [-0.05, 0) is 17.7 Å². The molecule has 0 saturated carbocycles. The van der Waals surface area contributed by atoms with Crippen LogP contribution < -0.4 is 5.73 Å². The summed E-state index contributed by atoms with van der Waals surface area (Å²) in [5.41, 5.74) is 7.21. The summed E-state index contributed by atoms with van der Waals surface area (Å²) in [5.74, 6) is -0.273. The Kier molecular flexibility index (Phi) is 4.77. The number of aliphatic hydroxyl groups excluding tert-OH is 1. The highest BCUT2D eigenvalue weighted by atomic mass is 35.5. The second kappa shape index (κ2) is 6.35. The molecule has 0 bridgehead atoms. The Morgan fingerprint density at radius 3 is 2.63 bits per heavy atom. The van der Waals surface area contributed by atoms with Gasteiger partial charge in [-0.2, -0.15) is 0 Å². The lowest BCUT2D eigenvalue weighted by Crippen LogP contribution is -2.20. The number of halogens is 2. The Bertz CT molecular complexity index is 548. The fourth-order valence-corrected chi connectivity index (χ4v) is 2.43. The molecule has 0 aliphatic carbocycles. The maximum Gasteiger partial charge on any atom is 0.0886 e. The molecule has 0 amide bonds. The highest BCUT2D eigenvalue weighted by Gasteiger charge is 2.24. The molecule has 1 aromatic carbocycles. The van der Waals surface area contributed by atoms with E-state index in [-0.39, 0.29) is 12.5 Å². The zero-order valence-electron chi connectivity index (χ0n) is 10.1. The van der Waals surface area contributed by atoms with Crippen LogP contribution in [0, 0.1) is 0 Å². The van der Waals surface area contributed by atoms with E-state index in [0.717, 1.165) is 5.56 Å². The van der Waals surface area contributed by atoms with Crippen LogP contribution >= 0.6 is 23.2 Å². The van der Waals surface area contributed by atoms with E-state index in [9.17, 15) is 5.11 Å². The van der Waals surface area contributed by atoms with Crippen molar-refractivity contribution in [1.29, 1.82) is 0 Å². The minimum atomic E-state index is -0.819. The van der Waals surface area contributed by atoms with Gasteiger partial charge in [0.25, 0.3) is 0 Å². The highest BCUT2D eigenvalue weighted by molar-refractivity contribution is 6.42. The van der Waals surface area contributed by atoms with Crippen molar-refractivity contribution in [2.45, 2.75) is 12.0 Å². The van der Waals surface area contributed by atoms with Gasteiger partial charge in [0.05, 0.1) is 16.1 Å². The molecular weight excluding hydrogens is 283 g/mol. The summed E-state index contributed by atoms with van der Waals surface area (Å²) in [6.07, 6.45) is 2.55. The third-order valence-corrected chi connectivity index (χ3v) is 3.88. The first-order chi connectivity index (χ1) is 9.15. The first-order valence-corrected chi connectivity index (χ1v) is 6.62. The summed E-state index contributed by atoms with van der Waals surface area (Å²) >= 11 is 12.1. The van der Waals surface area contributed by atoms with Crippen LogP contribution in [-0.4, -0.2) is 16.6 Å². The van der Waals surface area contributed by atoms with Gasteiger partial charge in [0.2, 0.25) is 0 Å². The van der Waals surface area contributed by atoms with Gasteiger partial charge in [0.15, 0.2) is 0 Å². The summed E-state index contributed by atoms with van der Waals surface area (Å²) in [7, 11) is 0. The van der Waals surface area contributed by atoms with Crippen LogP contribution in [0.3, 0.4) is 0 Å². The minimum absolute atomic E-state index is 0.273. The number of hydrogen-bond donors (Lipinski definition) is 2. The molecule has 2 aromatic rings. The molecule has 19 heavy (non-hydrogen) atoms. The molecule has 2 unspecified atom stereocenters.